The Bertz CT molecular complexity index is 628. The zero-order chi connectivity index (χ0) is 15.4. The molecule has 0 radical (unpaired) electrons. The molecule has 0 saturated heterocycles. The molecule has 2 rings (SSSR count). The molecule has 0 aliphatic rings. The van der Waals surface area contributed by atoms with Gasteiger partial charge in [-0.15, -0.1) is 0 Å². The fraction of sp³-hybridized carbons (Fsp3) is 0.286. The highest BCUT2D eigenvalue weighted by Crippen LogP contribution is 2.23. The summed E-state index contributed by atoms with van der Waals surface area (Å²) >= 11 is 1.04. The number of halogens is 1. The summed E-state index contributed by atoms with van der Waals surface area (Å²) in [6.07, 6.45) is 1.65. The number of aliphatic hydroxyl groups excluding tert-OH is 1. The smallest absolute Gasteiger partial charge is 0.169 e. The molecular weight excluding hydrogens is 295 g/mol. The molecule has 1 aromatic carbocycles. The van der Waals surface area contributed by atoms with E-state index < -0.39 is 11.2 Å². The van der Waals surface area contributed by atoms with Gasteiger partial charge in [0.15, 0.2) is 5.16 Å². The molecule has 0 aliphatic heterocycles. The lowest BCUT2D eigenvalue weighted by molar-refractivity contribution is -0.304. The van der Waals surface area contributed by atoms with Crippen molar-refractivity contribution >= 4 is 17.7 Å². The maximum atomic E-state index is 12.9. The molecule has 0 amide bonds. The average molecular weight is 309 g/mol. The molecule has 5 nitrogen and oxygen atoms in total. The lowest BCUT2D eigenvalue weighted by atomic mass is 10.2. The van der Waals surface area contributed by atoms with Crippen LogP contribution in [-0.2, 0) is 17.9 Å². The first kappa shape index (κ1) is 15.5. The second-order valence-corrected chi connectivity index (χ2v) is 5.81. The summed E-state index contributed by atoms with van der Waals surface area (Å²) in [4.78, 5) is 15.0. The highest BCUT2D eigenvalue weighted by atomic mass is 32.2. The van der Waals surface area contributed by atoms with Gasteiger partial charge >= 0.3 is 0 Å². The Kier molecular flexibility index (Phi) is 4.98. The number of hydrogen-bond acceptors (Lipinski definition) is 5. The third-order valence-electron chi connectivity index (χ3n) is 2.83. The van der Waals surface area contributed by atoms with E-state index in [4.69, 9.17) is 5.11 Å². The molecule has 1 aromatic heterocycles. The average Bonchev–Trinajstić information content (AvgIpc) is 2.83. The molecule has 0 saturated carbocycles. The molecule has 0 fully saturated rings. The van der Waals surface area contributed by atoms with Gasteiger partial charge in [0.1, 0.15) is 5.82 Å². The van der Waals surface area contributed by atoms with Crippen molar-refractivity contribution in [2.75, 3.05) is 0 Å². The van der Waals surface area contributed by atoms with Gasteiger partial charge < -0.3 is 19.6 Å². The normalized spacial score (nSPS) is 12.3. The number of nitrogens with zero attached hydrogens (tertiary/aromatic N) is 2. The topological polar surface area (TPSA) is 78.2 Å². The van der Waals surface area contributed by atoms with Crippen molar-refractivity contribution in [3.8, 4) is 0 Å². The molecule has 0 unspecified atom stereocenters. The summed E-state index contributed by atoms with van der Waals surface area (Å²) in [5.41, 5.74) is 1.30. The van der Waals surface area contributed by atoms with Crippen molar-refractivity contribution in [3.05, 3.63) is 47.5 Å². The Morgan fingerprint density at radius 2 is 2.14 bits per heavy atom. The Labute approximate surface area is 125 Å². The van der Waals surface area contributed by atoms with Crippen LogP contribution >= 0.6 is 11.8 Å². The number of aromatic nitrogens is 2. The van der Waals surface area contributed by atoms with E-state index in [0.29, 0.717) is 17.4 Å². The number of thioether (sulfide) groups is 1. The van der Waals surface area contributed by atoms with Crippen LogP contribution in [0.5, 0.6) is 0 Å². The van der Waals surface area contributed by atoms with Gasteiger partial charge in [-0.05, 0) is 24.6 Å². The minimum absolute atomic E-state index is 0.232. The Hall–Kier alpha value is -1.86. The van der Waals surface area contributed by atoms with Crippen molar-refractivity contribution < 1.29 is 19.4 Å². The number of benzene rings is 1. The first-order valence-corrected chi connectivity index (χ1v) is 7.16. The Morgan fingerprint density at radius 1 is 1.48 bits per heavy atom. The van der Waals surface area contributed by atoms with Gasteiger partial charge in [-0.2, -0.15) is 0 Å². The number of carbonyl (C=O) groups excluding carboxylic acids is 1. The van der Waals surface area contributed by atoms with E-state index in [1.165, 1.54) is 19.1 Å². The van der Waals surface area contributed by atoms with Gasteiger partial charge in [0.25, 0.3) is 0 Å². The largest absolute Gasteiger partial charge is 0.549 e. The lowest BCUT2D eigenvalue weighted by Gasteiger charge is -2.13. The molecule has 0 spiro atoms. The van der Waals surface area contributed by atoms with Crippen LogP contribution < -0.4 is 5.11 Å². The predicted octanol–water partition coefficient (Wildman–Crippen LogP) is 0.793. The van der Waals surface area contributed by atoms with Crippen LogP contribution in [-0.4, -0.2) is 25.9 Å². The van der Waals surface area contributed by atoms with Crippen LogP contribution in [0.2, 0.25) is 0 Å². The van der Waals surface area contributed by atoms with Crippen LogP contribution in [0, 0.1) is 5.82 Å². The van der Waals surface area contributed by atoms with E-state index in [1.54, 1.807) is 22.9 Å². The summed E-state index contributed by atoms with van der Waals surface area (Å²) in [6.45, 7) is 1.69. The number of aliphatic hydroxyl groups is 1. The van der Waals surface area contributed by atoms with Crippen molar-refractivity contribution in [2.24, 2.45) is 0 Å². The van der Waals surface area contributed by atoms with Gasteiger partial charge in [0.05, 0.1) is 18.3 Å². The monoisotopic (exact) mass is 309 g/mol. The fourth-order valence-electron chi connectivity index (χ4n) is 1.73. The van der Waals surface area contributed by atoms with E-state index >= 15 is 0 Å². The quantitative estimate of drug-likeness (QED) is 0.798. The summed E-state index contributed by atoms with van der Waals surface area (Å²) < 4.78 is 14.6. The SMILES string of the molecule is C[C@H](Sc1nc(CO)cn1Cc1ccc(F)cc1)C(=O)[O-]. The van der Waals surface area contributed by atoms with E-state index in [1.807, 2.05) is 0 Å². The van der Waals surface area contributed by atoms with Gasteiger partial charge in [-0.3, -0.25) is 0 Å². The maximum absolute atomic E-state index is 12.9. The maximum Gasteiger partial charge on any atom is 0.169 e. The number of carbonyl (C=O) groups is 1. The molecule has 21 heavy (non-hydrogen) atoms. The molecule has 7 heteroatoms. The third-order valence-corrected chi connectivity index (χ3v) is 3.91. The van der Waals surface area contributed by atoms with Crippen LogP contribution in [0.4, 0.5) is 4.39 Å². The van der Waals surface area contributed by atoms with Gasteiger partial charge in [-0.25, -0.2) is 9.37 Å². The standard InChI is InChI=1S/C14H15FN2O3S/c1-9(13(19)20)21-14-16-12(8-18)7-17(14)6-10-2-4-11(15)5-3-10/h2-5,7,9,18H,6,8H2,1H3,(H,19,20)/p-1/t9-/m0/s1. The summed E-state index contributed by atoms with van der Waals surface area (Å²) in [7, 11) is 0. The van der Waals surface area contributed by atoms with Crippen molar-refractivity contribution in [1.29, 1.82) is 0 Å². The molecule has 0 bridgehead atoms. The molecule has 1 atom stereocenters. The molecule has 112 valence electrons. The first-order chi connectivity index (χ1) is 9.99. The zero-order valence-corrected chi connectivity index (χ0v) is 12.1. The summed E-state index contributed by atoms with van der Waals surface area (Å²) in [5.74, 6) is -1.50. The third kappa shape index (κ3) is 4.05. The number of imidazole rings is 1. The van der Waals surface area contributed by atoms with E-state index in [-0.39, 0.29) is 12.4 Å². The number of hydrogen-bond donors (Lipinski definition) is 1. The second-order valence-electron chi connectivity index (χ2n) is 4.51. The van der Waals surface area contributed by atoms with Gasteiger partial charge in [-0.1, -0.05) is 23.9 Å². The zero-order valence-electron chi connectivity index (χ0n) is 11.3. The lowest BCUT2D eigenvalue weighted by Crippen LogP contribution is -2.31. The fourth-order valence-corrected chi connectivity index (χ4v) is 2.56. The highest BCUT2D eigenvalue weighted by Gasteiger charge is 2.13. The number of carboxylic acid groups (broad SMARTS) is 1. The molecule has 0 aliphatic carbocycles. The number of rotatable bonds is 6. The van der Waals surface area contributed by atoms with Gasteiger partial charge in [0.2, 0.25) is 0 Å². The second kappa shape index (κ2) is 6.73. The van der Waals surface area contributed by atoms with E-state index in [9.17, 15) is 14.3 Å². The molecule has 1 heterocycles. The van der Waals surface area contributed by atoms with Crippen molar-refractivity contribution in [1.82, 2.24) is 9.55 Å². The highest BCUT2D eigenvalue weighted by molar-refractivity contribution is 8.00. The van der Waals surface area contributed by atoms with Crippen LogP contribution in [0.1, 0.15) is 18.2 Å². The van der Waals surface area contributed by atoms with Crippen LogP contribution in [0.3, 0.4) is 0 Å². The van der Waals surface area contributed by atoms with Crippen LogP contribution in [0.15, 0.2) is 35.6 Å². The van der Waals surface area contributed by atoms with E-state index in [2.05, 4.69) is 4.98 Å². The minimum atomic E-state index is -1.18. The number of carboxylic acids is 1. The molecular formula is C14H14FN2O3S-. The minimum Gasteiger partial charge on any atom is -0.549 e. The predicted molar refractivity (Wildman–Crippen MR) is 74.0 cm³/mol. The van der Waals surface area contributed by atoms with E-state index in [0.717, 1.165) is 17.3 Å². The summed E-state index contributed by atoms with van der Waals surface area (Å²) in [6, 6.07) is 6.00. The summed E-state index contributed by atoms with van der Waals surface area (Å²) in [5, 5.41) is 19.7. The van der Waals surface area contributed by atoms with Crippen molar-refractivity contribution in [3.63, 3.8) is 0 Å². The Balaban J connectivity index is 2.22. The van der Waals surface area contributed by atoms with Crippen LogP contribution in [0.25, 0.3) is 0 Å². The molecule has 2 aromatic rings. The number of aliphatic carboxylic acids is 1. The molecule has 1 N–H and O–H groups in total. The van der Waals surface area contributed by atoms with Crippen molar-refractivity contribution in [2.45, 2.75) is 30.5 Å². The Morgan fingerprint density at radius 3 is 2.71 bits per heavy atom. The van der Waals surface area contributed by atoms with Gasteiger partial charge in [0, 0.05) is 18.0 Å². The first-order valence-electron chi connectivity index (χ1n) is 6.28.